The standard InChI is InChI=1S/C25H28N2O4S/c1-19-7-13-23(14-8-19)27(32(3,29)30)18-21-9-11-22(12-10-21)25(28)26-15-16-31-24-6-4-5-20(2)17-24/h4-14,17H,15-16,18H2,1-3H3,(H,26,28). The molecule has 32 heavy (non-hydrogen) atoms. The molecule has 3 aromatic carbocycles. The molecule has 6 nitrogen and oxygen atoms in total. The molecule has 0 heterocycles. The highest BCUT2D eigenvalue weighted by Gasteiger charge is 2.18. The highest BCUT2D eigenvalue weighted by molar-refractivity contribution is 7.92. The molecular formula is C25H28N2O4S. The SMILES string of the molecule is Cc1ccc(N(Cc2ccc(C(=O)NCCOc3cccc(C)c3)cc2)S(C)(=O)=O)cc1. The van der Waals surface area contributed by atoms with Crippen LogP contribution in [-0.2, 0) is 16.6 Å². The highest BCUT2D eigenvalue weighted by Crippen LogP contribution is 2.21. The number of hydrogen-bond acceptors (Lipinski definition) is 4. The van der Waals surface area contributed by atoms with Crippen molar-refractivity contribution in [2.24, 2.45) is 0 Å². The van der Waals surface area contributed by atoms with Crippen LogP contribution in [0, 0.1) is 13.8 Å². The maximum atomic E-state index is 12.4. The second kappa shape index (κ2) is 10.3. The largest absolute Gasteiger partial charge is 0.492 e. The van der Waals surface area contributed by atoms with Gasteiger partial charge in [0.1, 0.15) is 12.4 Å². The first kappa shape index (κ1) is 23.3. The third kappa shape index (κ3) is 6.59. The van der Waals surface area contributed by atoms with Crippen LogP contribution in [0.15, 0.2) is 72.8 Å². The third-order valence-corrected chi connectivity index (χ3v) is 6.05. The van der Waals surface area contributed by atoms with E-state index in [1.54, 1.807) is 36.4 Å². The number of rotatable bonds is 9. The van der Waals surface area contributed by atoms with E-state index in [2.05, 4.69) is 5.32 Å². The Kier molecular flexibility index (Phi) is 7.53. The minimum Gasteiger partial charge on any atom is -0.492 e. The number of aryl methyl sites for hydroxylation is 2. The monoisotopic (exact) mass is 452 g/mol. The van der Waals surface area contributed by atoms with E-state index in [0.717, 1.165) is 22.4 Å². The van der Waals surface area contributed by atoms with Crippen LogP contribution < -0.4 is 14.4 Å². The van der Waals surface area contributed by atoms with Crippen molar-refractivity contribution in [1.29, 1.82) is 0 Å². The number of amides is 1. The lowest BCUT2D eigenvalue weighted by atomic mass is 10.1. The molecule has 0 spiro atoms. The lowest BCUT2D eigenvalue weighted by Gasteiger charge is -2.22. The number of ether oxygens (including phenoxy) is 1. The van der Waals surface area contributed by atoms with Crippen LogP contribution in [0.3, 0.4) is 0 Å². The number of anilines is 1. The molecule has 7 heteroatoms. The molecule has 0 saturated heterocycles. The van der Waals surface area contributed by atoms with Crippen LogP contribution in [-0.4, -0.2) is 33.7 Å². The molecule has 0 fully saturated rings. The summed E-state index contributed by atoms with van der Waals surface area (Å²) >= 11 is 0. The van der Waals surface area contributed by atoms with E-state index in [0.29, 0.717) is 24.4 Å². The summed E-state index contributed by atoms with van der Waals surface area (Å²) in [6, 6.07) is 22.0. The lowest BCUT2D eigenvalue weighted by Crippen LogP contribution is -2.29. The topological polar surface area (TPSA) is 75.7 Å². The number of nitrogens with one attached hydrogen (secondary N) is 1. The average molecular weight is 453 g/mol. The third-order valence-electron chi connectivity index (χ3n) is 4.91. The van der Waals surface area contributed by atoms with E-state index in [1.807, 2.05) is 50.2 Å². The molecule has 1 N–H and O–H groups in total. The number of carbonyl (C=O) groups is 1. The number of nitrogens with zero attached hydrogens (tertiary/aromatic N) is 1. The number of benzene rings is 3. The molecule has 0 radical (unpaired) electrons. The van der Waals surface area contributed by atoms with E-state index < -0.39 is 10.0 Å². The van der Waals surface area contributed by atoms with Crippen LogP contribution >= 0.6 is 0 Å². The van der Waals surface area contributed by atoms with E-state index in [9.17, 15) is 13.2 Å². The van der Waals surface area contributed by atoms with Crippen molar-refractivity contribution >= 4 is 21.6 Å². The molecule has 0 atom stereocenters. The van der Waals surface area contributed by atoms with Gasteiger partial charge in [-0.3, -0.25) is 9.10 Å². The minimum absolute atomic E-state index is 0.189. The van der Waals surface area contributed by atoms with Gasteiger partial charge in [0.05, 0.1) is 25.0 Å². The van der Waals surface area contributed by atoms with Crippen molar-refractivity contribution in [3.05, 3.63) is 95.1 Å². The second-order valence-corrected chi connectivity index (χ2v) is 9.63. The number of sulfonamides is 1. The Hall–Kier alpha value is -3.32. The summed E-state index contributed by atoms with van der Waals surface area (Å²) in [5.74, 6) is 0.565. The quantitative estimate of drug-likeness (QED) is 0.497. The van der Waals surface area contributed by atoms with Gasteiger partial charge in [-0.2, -0.15) is 0 Å². The van der Waals surface area contributed by atoms with Crippen LogP contribution in [0.4, 0.5) is 5.69 Å². The Balaban J connectivity index is 1.57. The summed E-state index contributed by atoms with van der Waals surface area (Å²) in [7, 11) is -3.46. The summed E-state index contributed by atoms with van der Waals surface area (Å²) in [5.41, 5.74) is 4.07. The minimum atomic E-state index is -3.46. The fourth-order valence-corrected chi connectivity index (χ4v) is 4.07. The van der Waals surface area contributed by atoms with Crippen molar-refractivity contribution in [1.82, 2.24) is 5.32 Å². The Bertz CT molecular complexity index is 1160. The highest BCUT2D eigenvalue weighted by atomic mass is 32.2. The zero-order valence-electron chi connectivity index (χ0n) is 18.5. The Labute approximate surface area is 189 Å². The number of carbonyl (C=O) groups excluding carboxylic acids is 1. The van der Waals surface area contributed by atoms with Gasteiger partial charge >= 0.3 is 0 Å². The van der Waals surface area contributed by atoms with Crippen molar-refractivity contribution in [2.45, 2.75) is 20.4 Å². The van der Waals surface area contributed by atoms with Crippen molar-refractivity contribution in [2.75, 3.05) is 23.7 Å². The van der Waals surface area contributed by atoms with Gasteiger partial charge in [0, 0.05) is 5.56 Å². The zero-order chi connectivity index (χ0) is 23.1. The fraction of sp³-hybridized carbons (Fsp3) is 0.240. The van der Waals surface area contributed by atoms with Gasteiger partial charge in [0.15, 0.2) is 0 Å². The first-order valence-corrected chi connectivity index (χ1v) is 12.2. The Morgan fingerprint density at radius 3 is 2.25 bits per heavy atom. The Morgan fingerprint density at radius 2 is 1.62 bits per heavy atom. The van der Waals surface area contributed by atoms with Gasteiger partial charge in [-0.15, -0.1) is 0 Å². The van der Waals surface area contributed by atoms with Crippen molar-refractivity contribution in [3.8, 4) is 5.75 Å². The molecule has 0 aliphatic rings. The first-order chi connectivity index (χ1) is 15.2. The lowest BCUT2D eigenvalue weighted by molar-refractivity contribution is 0.0947. The predicted octanol–water partition coefficient (Wildman–Crippen LogP) is 4.08. The van der Waals surface area contributed by atoms with Crippen molar-refractivity contribution < 1.29 is 17.9 Å². The smallest absolute Gasteiger partial charge is 0.251 e. The summed E-state index contributed by atoms with van der Waals surface area (Å²) in [6.07, 6.45) is 1.19. The molecule has 3 rings (SSSR count). The summed E-state index contributed by atoms with van der Waals surface area (Å²) in [4.78, 5) is 12.4. The van der Waals surface area contributed by atoms with E-state index >= 15 is 0 Å². The predicted molar refractivity (Wildman–Crippen MR) is 128 cm³/mol. The van der Waals surface area contributed by atoms with Gasteiger partial charge in [-0.1, -0.05) is 42.0 Å². The summed E-state index contributed by atoms with van der Waals surface area (Å²) in [5, 5.41) is 2.83. The molecule has 0 aliphatic carbocycles. The maximum absolute atomic E-state index is 12.4. The zero-order valence-corrected chi connectivity index (χ0v) is 19.4. The van der Waals surface area contributed by atoms with Crippen LogP contribution in [0.5, 0.6) is 5.75 Å². The Morgan fingerprint density at radius 1 is 0.938 bits per heavy atom. The molecule has 0 unspecified atom stereocenters. The molecule has 0 saturated carbocycles. The van der Waals surface area contributed by atoms with Gasteiger partial charge in [0.2, 0.25) is 10.0 Å². The summed E-state index contributed by atoms with van der Waals surface area (Å²) < 4.78 is 31.6. The molecular weight excluding hydrogens is 424 g/mol. The van der Waals surface area contributed by atoms with E-state index in [1.165, 1.54) is 10.6 Å². The molecule has 3 aromatic rings. The normalized spacial score (nSPS) is 11.1. The van der Waals surface area contributed by atoms with Crippen LogP contribution in [0.2, 0.25) is 0 Å². The van der Waals surface area contributed by atoms with Gasteiger partial charge in [0.25, 0.3) is 5.91 Å². The second-order valence-electron chi connectivity index (χ2n) is 7.72. The van der Waals surface area contributed by atoms with Crippen LogP contribution in [0.25, 0.3) is 0 Å². The molecule has 168 valence electrons. The molecule has 0 bridgehead atoms. The summed E-state index contributed by atoms with van der Waals surface area (Å²) in [6.45, 7) is 4.88. The van der Waals surface area contributed by atoms with E-state index in [4.69, 9.17) is 4.74 Å². The molecule has 1 amide bonds. The fourth-order valence-electron chi connectivity index (χ4n) is 3.18. The molecule has 0 aliphatic heterocycles. The first-order valence-electron chi connectivity index (χ1n) is 10.3. The van der Waals surface area contributed by atoms with Gasteiger partial charge in [-0.25, -0.2) is 8.42 Å². The van der Waals surface area contributed by atoms with E-state index in [-0.39, 0.29) is 12.5 Å². The maximum Gasteiger partial charge on any atom is 0.251 e. The average Bonchev–Trinajstić information content (AvgIpc) is 2.75. The van der Waals surface area contributed by atoms with Gasteiger partial charge in [-0.05, 0) is 61.4 Å². The number of hydrogen-bond donors (Lipinski definition) is 1. The van der Waals surface area contributed by atoms with Gasteiger partial charge < -0.3 is 10.1 Å². The van der Waals surface area contributed by atoms with Crippen LogP contribution in [0.1, 0.15) is 27.0 Å². The molecule has 0 aromatic heterocycles. The van der Waals surface area contributed by atoms with Crippen molar-refractivity contribution in [3.63, 3.8) is 0 Å².